The number of hydrogen-bond donors (Lipinski definition) is 1. The van der Waals surface area contributed by atoms with Gasteiger partial charge < -0.3 is 34.3 Å². The Morgan fingerprint density at radius 2 is 0.865 bits per heavy atom. The molecule has 218 valence electrons. The minimum absolute atomic E-state index is 0.114. The monoisotopic (exact) mass is 547 g/mol. The van der Waals surface area contributed by atoms with E-state index >= 15 is 0 Å². The number of hydrogen-bond acceptors (Lipinski definition) is 8. The summed E-state index contributed by atoms with van der Waals surface area (Å²) in [5, 5.41) is 36.7. The van der Waals surface area contributed by atoms with Crippen molar-refractivity contribution in [1.82, 2.24) is 15.2 Å². The molecule has 0 aromatic rings. The first-order chi connectivity index (χ1) is 16.5. The molecule has 9 nitrogen and oxygen atoms in total. The number of hydroxylamine groups is 6. The largest absolute Gasteiger partial charge is 0.784 e. The Morgan fingerprint density at radius 1 is 0.595 bits per heavy atom. The summed E-state index contributed by atoms with van der Waals surface area (Å²) in [6.45, 7) is 24.3. The van der Waals surface area contributed by atoms with Gasteiger partial charge in [0.15, 0.2) is 0 Å². The Kier molecular flexibility index (Phi) is 8.68. The molecule has 0 bridgehead atoms. The maximum atomic E-state index is 12.9. The summed E-state index contributed by atoms with van der Waals surface area (Å²) in [7, 11) is -1.72. The van der Waals surface area contributed by atoms with Crippen LogP contribution in [0.5, 0.6) is 0 Å². The maximum Gasteiger partial charge on any atom is 0.333 e. The third-order valence-corrected chi connectivity index (χ3v) is 9.94. The van der Waals surface area contributed by atoms with E-state index in [2.05, 4.69) is 27.7 Å². The van der Waals surface area contributed by atoms with Gasteiger partial charge >= 0.3 is 8.60 Å². The quantitative estimate of drug-likeness (QED) is 0.326. The van der Waals surface area contributed by atoms with Crippen LogP contribution in [-0.2, 0) is 13.6 Å². The van der Waals surface area contributed by atoms with Gasteiger partial charge in [-0.1, -0.05) is 5.06 Å². The van der Waals surface area contributed by atoms with Crippen LogP contribution in [0, 0.1) is 5.21 Å². The first-order valence-electron chi connectivity index (χ1n) is 13.8. The zero-order chi connectivity index (χ0) is 28.4. The SMILES string of the molecule is CC1(C)CC(OP(OC2CC(C)(C)N(O)C(C)(C)C2)OC2CC(C)(C)N([OH2+])C(C)(C)C2)CC(C)(C)N1[O-]. The molecule has 0 aromatic heterocycles. The molecule has 3 N–H and O–H groups in total. The third-order valence-electron chi connectivity index (χ3n) is 8.53. The van der Waals surface area contributed by atoms with Crippen molar-refractivity contribution in [3.05, 3.63) is 5.21 Å². The van der Waals surface area contributed by atoms with Gasteiger partial charge in [-0.2, -0.15) is 5.06 Å². The molecule has 3 rings (SSSR count). The van der Waals surface area contributed by atoms with E-state index in [1.54, 1.807) is 5.06 Å². The molecule has 1 atom stereocenters. The van der Waals surface area contributed by atoms with E-state index in [1.807, 2.05) is 55.4 Å². The van der Waals surface area contributed by atoms with Gasteiger partial charge in [-0.15, -0.1) is 0 Å². The molecule has 3 saturated heterocycles. The summed E-state index contributed by atoms with van der Waals surface area (Å²) in [5.74, 6) is 0. The minimum Gasteiger partial charge on any atom is -0.784 e. The molecule has 37 heavy (non-hydrogen) atoms. The highest BCUT2D eigenvalue weighted by molar-refractivity contribution is 7.41. The van der Waals surface area contributed by atoms with Crippen LogP contribution < -0.4 is 0 Å². The van der Waals surface area contributed by atoms with Gasteiger partial charge in [0.05, 0.1) is 29.4 Å². The summed E-state index contributed by atoms with van der Waals surface area (Å²) in [6, 6.07) is 0. The number of nitrogens with zero attached hydrogens (tertiary/aromatic N) is 3. The van der Waals surface area contributed by atoms with Crippen LogP contribution in [0.15, 0.2) is 0 Å². The van der Waals surface area contributed by atoms with Crippen LogP contribution in [0.4, 0.5) is 0 Å². The second-order valence-electron chi connectivity index (χ2n) is 15.4. The zero-order valence-electron chi connectivity index (χ0n) is 25.3. The van der Waals surface area contributed by atoms with Gasteiger partial charge in [-0.3, -0.25) is 0 Å². The summed E-state index contributed by atoms with van der Waals surface area (Å²) in [6.07, 6.45) is 3.47. The van der Waals surface area contributed by atoms with Crippen molar-refractivity contribution < 1.29 is 24.0 Å². The van der Waals surface area contributed by atoms with Gasteiger partial charge in [0.1, 0.15) is 0 Å². The van der Waals surface area contributed by atoms with E-state index in [4.69, 9.17) is 18.8 Å². The van der Waals surface area contributed by atoms with Crippen LogP contribution in [0.1, 0.15) is 122 Å². The van der Waals surface area contributed by atoms with Crippen LogP contribution >= 0.6 is 8.60 Å². The van der Waals surface area contributed by atoms with Gasteiger partial charge in [-0.05, 0) is 122 Å². The molecule has 0 spiro atoms. The van der Waals surface area contributed by atoms with Crippen molar-refractivity contribution in [2.45, 2.75) is 173 Å². The Balaban J connectivity index is 1.84. The van der Waals surface area contributed by atoms with Gasteiger partial charge in [0.25, 0.3) is 0 Å². The van der Waals surface area contributed by atoms with Crippen molar-refractivity contribution in [2.24, 2.45) is 0 Å². The molecule has 0 amide bonds. The summed E-state index contributed by atoms with van der Waals surface area (Å²) in [4.78, 5) is 0. The topological polar surface area (TPSA) is 104 Å². The molecule has 10 heteroatoms. The lowest BCUT2D eigenvalue weighted by molar-refractivity contribution is -0.259. The minimum atomic E-state index is -1.72. The molecule has 1 unspecified atom stereocenters. The molecule has 3 aliphatic heterocycles. The molecular formula is C27H54N3O6P. The standard InChI is InChI=1S/C27H53N3O6P/c1-22(2)13-19(14-23(3,4)28(22)31)34-37(35-20-15-24(5,6)29(32)25(7,8)16-20)36-21-17-26(9,10)30(33)27(11,12)18-21/h19-21,31-32H,13-18H2,1-12H3/q-1/p+1. The first-order valence-corrected chi connectivity index (χ1v) is 14.9. The molecule has 0 saturated carbocycles. The van der Waals surface area contributed by atoms with E-state index in [1.165, 1.54) is 10.1 Å². The molecule has 0 radical (unpaired) electrons. The fourth-order valence-corrected chi connectivity index (χ4v) is 8.53. The smallest absolute Gasteiger partial charge is 0.333 e. The van der Waals surface area contributed by atoms with Crippen LogP contribution in [0.3, 0.4) is 0 Å². The van der Waals surface area contributed by atoms with Crippen LogP contribution in [0.25, 0.3) is 0 Å². The van der Waals surface area contributed by atoms with Crippen LogP contribution in [-0.4, -0.2) is 77.1 Å². The number of piperidine rings is 3. The number of rotatable bonds is 6. The van der Waals surface area contributed by atoms with E-state index in [-0.39, 0.29) is 29.4 Å². The molecule has 3 aliphatic rings. The Bertz CT molecular complexity index is 659. The molecule has 0 aliphatic carbocycles. The highest BCUT2D eigenvalue weighted by Gasteiger charge is 2.51. The molecule has 3 heterocycles. The Hall–Kier alpha value is 0.0700. The van der Waals surface area contributed by atoms with E-state index in [0.29, 0.717) is 38.5 Å². The summed E-state index contributed by atoms with van der Waals surface area (Å²) < 4.78 is 20.0. The zero-order valence-corrected chi connectivity index (χ0v) is 26.2. The summed E-state index contributed by atoms with van der Waals surface area (Å²) in [5.41, 5.74) is -2.72. The average molecular weight is 548 g/mol. The van der Waals surface area contributed by atoms with Gasteiger partial charge in [0, 0.05) is 22.2 Å². The molecular weight excluding hydrogens is 493 g/mol. The normalized spacial score (nSPS) is 31.9. The third kappa shape index (κ3) is 6.87. The van der Waals surface area contributed by atoms with Gasteiger partial charge in [-0.25, -0.2) is 0 Å². The van der Waals surface area contributed by atoms with Crippen LogP contribution in [0.2, 0.25) is 0 Å². The van der Waals surface area contributed by atoms with Crippen molar-refractivity contribution in [2.75, 3.05) is 0 Å². The predicted molar refractivity (Wildman–Crippen MR) is 148 cm³/mol. The van der Waals surface area contributed by atoms with E-state index < -0.39 is 30.8 Å². The second-order valence-corrected chi connectivity index (χ2v) is 16.5. The van der Waals surface area contributed by atoms with E-state index in [0.717, 1.165) is 0 Å². The van der Waals surface area contributed by atoms with Crippen molar-refractivity contribution in [1.29, 1.82) is 0 Å². The lowest BCUT2D eigenvalue weighted by Crippen LogP contribution is -2.61. The highest BCUT2D eigenvalue weighted by atomic mass is 31.2. The van der Waals surface area contributed by atoms with Crippen molar-refractivity contribution in [3.63, 3.8) is 0 Å². The Labute approximate surface area is 226 Å². The Morgan fingerprint density at radius 3 is 1.19 bits per heavy atom. The fourth-order valence-electron chi connectivity index (χ4n) is 7.20. The average Bonchev–Trinajstić information content (AvgIpc) is 2.67. The molecule has 3 fully saturated rings. The second kappa shape index (κ2) is 10.2. The lowest BCUT2D eigenvalue weighted by Gasteiger charge is -2.59. The van der Waals surface area contributed by atoms with Crippen molar-refractivity contribution >= 4 is 8.60 Å². The van der Waals surface area contributed by atoms with Gasteiger partial charge in [0.2, 0.25) is 0 Å². The molecule has 0 aromatic carbocycles. The lowest BCUT2D eigenvalue weighted by atomic mass is 9.80. The predicted octanol–water partition coefficient (Wildman–Crippen LogP) is 5.85. The highest BCUT2D eigenvalue weighted by Crippen LogP contribution is 2.53. The maximum absolute atomic E-state index is 12.9. The fraction of sp³-hybridized carbons (Fsp3) is 1.00. The first kappa shape index (κ1) is 31.6. The van der Waals surface area contributed by atoms with E-state index in [9.17, 15) is 10.4 Å². The van der Waals surface area contributed by atoms with Crippen molar-refractivity contribution in [3.8, 4) is 0 Å². The summed E-state index contributed by atoms with van der Waals surface area (Å²) >= 11 is 0.